The zero-order valence-electron chi connectivity index (χ0n) is 15.8. The SMILES string of the molecule is Cc1ccc(NC(=O)NC(=O)CN2C(C(=O)O)CC3CCCCC32)cc1C. The van der Waals surface area contributed by atoms with Gasteiger partial charge in [-0.2, -0.15) is 0 Å². The van der Waals surface area contributed by atoms with Crippen molar-refractivity contribution in [1.82, 2.24) is 10.2 Å². The molecule has 0 radical (unpaired) electrons. The second-order valence-corrected chi connectivity index (χ2v) is 7.68. The molecule has 1 aromatic carbocycles. The van der Waals surface area contributed by atoms with Gasteiger partial charge in [-0.3, -0.25) is 19.8 Å². The number of carboxylic acids is 1. The fourth-order valence-electron chi connectivity index (χ4n) is 4.34. The fraction of sp³-hybridized carbons (Fsp3) is 0.550. The van der Waals surface area contributed by atoms with E-state index in [4.69, 9.17) is 0 Å². The van der Waals surface area contributed by atoms with E-state index in [0.29, 0.717) is 18.0 Å². The van der Waals surface area contributed by atoms with E-state index >= 15 is 0 Å². The monoisotopic (exact) mass is 373 g/mol. The third-order valence-electron chi connectivity index (χ3n) is 5.85. The van der Waals surface area contributed by atoms with Gasteiger partial charge in [0.25, 0.3) is 0 Å². The second-order valence-electron chi connectivity index (χ2n) is 7.68. The molecular formula is C20H27N3O4. The van der Waals surface area contributed by atoms with Crippen LogP contribution in [0.1, 0.15) is 43.2 Å². The summed E-state index contributed by atoms with van der Waals surface area (Å²) in [6.07, 6.45) is 4.68. The van der Waals surface area contributed by atoms with Crippen LogP contribution in [0.5, 0.6) is 0 Å². The van der Waals surface area contributed by atoms with Crippen LogP contribution in [0.4, 0.5) is 10.5 Å². The summed E-state index contributed by atoms with van der Waals surface area (Å²) in [5.74, 6) is -1.04. The van der Waals surface area contributed by atoms with Gasteiger partial charge in [0, 0.05) is 11.7 Å². The lowest BCUT2D eigenvalue weighted by molar-refractivity contribution is -0.143. The summed E-state index contributed by atoms with van der Waals surface area (Å²) >= 11 is 0. The molecule has 1 saturated carbocycles. The Bertz CT molecular complexity index is 749. The molecule has 7 nitrogen and oxygen atoms in total. The van der Waals surface area contributed by atoms with Gasteiger partial charge in [-0.1, -0.05) is 18.9 Å². The summed E-state index contributed by atoms with van der Waals surface area (Å²) in [4.78, 5) is 37.8. The Hall–Kier alpha value is -2.41. The molecule has 0 bridgehead atoms. The van der Waals surface area contributed by atoms with E-state index in [0.717, 1.165) is 36.8 Å². The molecule has 146 valence electrons. The Labute approximate surface area is 159 Å². The zero-order chi connectivity index (χ0) is 19.6. The van der Waals surface area contributed by atoms with Gasteiger partial charge in [0.2, 0.25) is 5.91 Å². The predicted octanol–water partition coefficient (Wildman–Crippen LogP) is 2.67. The number of hydrogen-bond acceptors (Lipinski definition) is 4. The highest BCUT2D eigenvalue weighted by atomic mass is 16.4. The van der Waals surface area contributed by atoms with Gasteiger partial charge in [0.1, 0.15) is 6.04 Å². The highest BCUT2D eigenvalue weighted by Crippen LogP contribution is 2.39. The normalized spacial score (nSPS) is 24.9. The minimum Gasteiger partial charge on any atom is -0.480 e. The highest BCUT2D eigenvalue weighted by Gasteiger charge is 2.45. The third kappa shape index (κ3) is 4.47. The van der Waals surface area contributed by atoms with E-state index in [1.54, 1.807) is 11.0 Å². The highest BCUT2D eigenvalue weighted by molar-refractivity contribution is 6.02. The number of anilines is 1. The lowest BCUT2D eigenvalue weighted by Crippen LogP contribution is -2.49. The maximum atomic E-state index is 12.4. The van der Waals surface area contributed by atoms with Crippen molar-refractivity contribution in [3.05, 3.63) is 29.3 Å². The minimum atomic E-state index is -0.892. The van der Waals surface area contributed by atoms with Gasteiger partial charge in [0.15, 0.2) is 0 Å². The Kier molecular flexibility index (Phi) is 5.79. The lowest BCUT2D eigenvalue weighted by atomic mass is 9.85. The van der Waals surface area contributed by atoms with Crippen LogP contribution in [-0.4, -0.2) is 46.5 Å². The molecule has 27 heavy (non-hydrogen) atoms. The molecule has 2 aliphatic rings. The minimum absolute atomic E-state index is 0.0710. The van der Waals surface area contributed by atoms with Crippen molar-refractivity contribution in [2.24, 2.45) is 5.92 Å². The Balaban J connectivity index is 1.59. The number of imide groups is 1. The first-order valence-corrected chi connectivity index (χ1v) is 9.52. The number of aryl methyl sites for hydroxylation is 2. The number of carbonyl (C=O) groups excluding carboxylic acids is 2. The number of aliphatic carboxylic acids is 1. The van der Waals surface area contributed by atoms with E-state index in [1.165, 1.54) is 0 Å². The molecule has 1 heterocycles. The maximum Gasteiger partial charge on any atom is 0.325 e. The number of amides is 3. The molecular weight excluding hydrogens is 346 g/mol. The Morgan fingerprint density at radius 3 is 2.59 bits per heavy atom. The van der Waals surface area contributed by atoms with Crippen molar-refractivity contribution >= 4 is 23.6 Å². The maximum absolute atomic E-state index is 12.4. The number of urea groups is 1. The molecule has 0 aromatic heterocycles. The van der Waals surface area contributed by atoms with Crippen LogP contribution in [0.2, 0.25) is 0 Å². The van der Waals surface area contributed by atoms with Gasteiger partial charge in [-0.25, -0.2) is 4.79 Å². The van der Waals surface area contributed by atoms with Gasteiger partial charge in [0.05, 0.1) is 6.54 Å². The first-order chi connectivity index (χ1) is 12.8. The average molecular weight is 373 g/mol. The molecule has 1 aliphatic carbocycles. The van der Waals surface area contributed by atoms with Crippen molar-refractivity contribution in [1.29, 1.82) is 0 Å². The van der Waals surface area contributed by atoms with E-state index in [1.807, 2.05) is 26.0 Å². The van der Waals surface area contributed by atoms with E-state index < -0.39 is 23.9 Å². The quantitative estimate of drug-likeness (QED) is 0.754. The van der Waals surface area contributed by atoms with Crippen LogP contribution in [0.25, 0.3) is 0 Å². The molecule has 3 amide bonds. The number of benzene rings is 1. The number of nitrogens with zero attached hydrogens (tertiary/aromatic N) is 1. The van der Waals surface area contributed by atoms with Crippen LogP contribution < -0.4 is 10.6 Å². The predicted molar refractivity (Wildman–Crippen MR) is 102 cm³/mol. The lowest BCUT2D eigenvalue weighted by Gasteiger charge is -2.32. The first kappa shape index (κ1) is 19.4. The number of likely N-dealkylation sites (tertiary alicyclic amines) is 1. The van der Waals surface area contributed by atoms with E-state index in [2.05, 4.69) is 10.6 Å². The van der Waals surface area contributed by atoms with Crippen molar-refractivity contribution in [2.75, 3.05) is 11.9 Å². The van der Waals surface area contributed by atoms with Gasteiger partial charge in [-0.05, 0) is 62.3 Å². The van der Waals surface area contributed by atoms with E-state index in [9.17, 15) is 19.5 Å². The van der Waals surface area contributed by atoms with Crippen molar-refractivity contribution in [3.63, 3.8) is 0 Å². The topological polar surface area (TPSA) is 98.7 Å². The molecule has 3 unspecified atom stereocenters. The van der Waals surface area contributed by atoms with E-state index in [-0.39, 0.29) is 12.6 Å². The summed E-state index contributed by atoms with van der Waals surface area (Å²) in [7, 11) is 0. The Morgan fingerprint density at radius 2 is 1.89 bits per heavy atom. The molecule has 1 aromatic rings. The summed E-state index contributed by atoms with van der Waals surface area (Å²) in [6, 6.07) is 4.39. The number of rotatable bonds is 4. The summed E-state index contributed by atoms with van der Waals surface area (Å²) < 4.78 is 0. The largest absolute Gasteiger partial charge is 0.480 e. The third-order valence-corrected chi connectivity index (χ3v) is 5.85. The van der Waals surface area contributed by atoms with Crippen LogP contribution in [-0.2, 0) is 9.59 Å². The fourth-order valence-corrected chi connectivity index (χ4v) is 4.34. The van der Waals surface area contributed by atoms with Crippen molar-refractivity contribution in [2.45, 2.75) is 58.0 Å². The number of carbonyl (C=O) groups is 3. The number of fused-ring (bicyclic) bond motifs is 1. The molecule has 3 N–H and O–H groups in total. The van der Waals surface area contributed by atoms with Gasteiger partial charge < -0.3 is 10.4 Å². The summed E-state index contributed by atoms with van der Waals surface area (Å²) in [5, 5.41) is 14.5. The number of nitrogens with one attached hydrogen (secondary N) is 2. The van der Waals surface area contributed by atoms with Gasteiger partial charge >= 0.3 is 12.0 Å². The standard InChI is InChI=1S/C20H27N3O4/c1-12-7-8-15(9-13(12)2)21-20(27)22-18(24)11-23-16-6-4-3-5-14(16)10-17(23)19(25)26/h7-9,14,16-17H,3-6,10-11H2,1-2H3,(H,25,26)(H2,21,22,24,27). The molecule has 7 heteroatoms. The zero-order valence-corrected chi connectivity index (χ0v) is 15.8. The molecule has 0 spiro atoms. The molecule has 3 rings (SSSR count). The van der Waals surface area contributed by atoms with Crippen LogP contribution in [0.15, 0.2) is 18.2 Å². The molecule has 1 aliphatic heterocycles. The summed E-state index contributed by atoms with van der Waals surface area (Å²) in [5.41, 5.74) is 2.77. The Morgan fingerprint density at radius 1 is 1.15 bits per heavy atom. The van der Waals surface area contributed by atoms with Crippen LogP contribution in [0.3, 0.4) is 0 Å². The van der Waals surface area contributed by atoms with Crippen LogP contribution >= 0.6 is 0 Å². The first-order valence-electron chi connectivity index (χ1n) is 9.52. The molecule has 1 saturated heterocycles. The number of carboxylic acid groups (broad SMARTS) is 1. The van der Waals surface area contributed by atoms with Crippen LogP contribution in [0, 0.1) is 19.8 Å². The van der Waals surface area contributed by atoms with Crippen molar-refractivity contribution in [3.8, 4) is 0 Å². The molecule has 2 fully saturated rings. The average Bonchev–Trinajstić information content (AvgIpc) is 2.97. The summed E-state index contributed by atoms with van der Waals surface area (Å²) in [6.45, 7) is 3.86. The smallest absolute Gasteiger partial charge is 0.325 e. The molecule has 3 atom stereocenters. The number of hydrogen-bond donors (Lipinski definition) is 3. The second kappa shape index (κ2) is 8.08. The van der Waals surface area contributed by atoms with Crippen molar-refractivity contribution < 1.29 is 19.5 Å². The van der Waals surface area contributed by atoms with Gasteiger partial charge in [-0.15, -0.1) is 0 Å².